The molecular formula is C18H12F3N5O. The smallest absolute Gasteiger partial charge is 0.345 e. The lowest BCUT2D eigenvalue weighted by Gasteiger charge is -2.10. The van der Waals surface area contributed by atoms with E-state index in [1.54, 1.807) is 24.3 Å². The second-order valence-electron chi connectivity index (χ2n) is 5.53. The summed E-state index contributed by atoms with van der Waals surface area (Å²) in [7, 11) is 0. The molecule has 0 radical (unpaired) electrons. The number of aromatic nitrogens is 3. The van der Waals surface area contributed by atoms with Gasteiger partial charge in [0.25, 0.3) is 5.91 Å². The fourth-order valence-electron chi connectivity index (χ4n) is 2.38. The molecule has 1 heterocycles. The number of alkyl halides is 3. The molecule has 136 valence electrons. The molecule has 3 aromatic rings. The van der Waals surface area contributed by atoms with Crippen LogP contribution >= 0.6 is 0 Å². The predicted molar refractivity (Wildman–Crippen MR) is 88.7 cm³/mol. The summed E-state index contributed by atoms with van der Waals surface area (Å²) in [6.07, 6.45) is -3.26. The van der Waals surface area contributed by atoms with Crippen LogP contribution in [0.15, 0.2) is 54.9 Å². The number of nitrogens with one attached hydrogen (secondary N) is 1. The van der Waals surface area contributed by atoms with Gasteiger partial charge in [-0.3, -0.25) is 4.79 Å². The number of hydrogen-bond acceptors (Lipinski definition) is 4. The molecule has 0 atom stereocenters. The molecule has 1 amide bonds. The van der Waals surface area contributed by atoms with E-state index < -0.39 is 17.6 Å². The molecule has 0 aliphatic rings. The molecule has 3 rings (SSSR count). The molecule has 0 spiro atoms. The van der Waals surface area contributed by atoms with Gasteiger partial charge in [-0.2, -0.15) is 23.5 Å². The molecule has 0 aliphatic carbocycles. The number of halogens is 3. The van der Waals surface area contributed by atoms with Gasteiger partial charge in [0.05, 0.1) is 22.9 Å². The van der Waals surface area contributed by atoms with Gasteiger partial charge in [0.1, 0.15) is 6.33 Å². The number of nitriles is 1. The van der Waals surface area contributed by atoms with E-state index in [1.807, 2.05) is 6.07 Å². The number of nitrogens with zero attached hydrogens (tertiary/aromatic N) is 4. The van der Waals surface area contributed by atoms with Crippen molar-refractivity contribution in [2.75, 3.05) is 0 Å². The first-order valence-corrected chi connectivity index (χ1v) is 7.73. The Bertz CT molecular complexity index is 1000. The predicted octanol–water partition coefficient (Wildman–Crippen LogP) is 3.09. The Morgan fingerprint density at radius 2 is 1.93 bits per heavy atom. The zero-order valence-electron chi connectivity index (χ0n) is 13.7. The highest BCUT2D eigenvalue weighted by atomic mass is 19.4. The van der Waals surface area contributed by atoms with Gasteiger partial charge in [0, 0.05) is 6.54 Å². The maximum Gasteiger partial charge on any atom is 0.416 e. The zero-order valence-corrected chi connectivity index (χ0v) is 13.7. The third-order valence-electron chi connectivity index (χ3n) is 3.70. The topological polar surface area (TPSA) is 83.6 Å². The van der Waals surface area contributed by atoms with Gasteiger partial charge in [-0.1, -0.05) is 12.1 Å². The number of rotatable bonds is 4. The van der Waals surface area contributed by atoms with E-state index in [1.165, 1.54) is 23.1 Å². The second-order valence-corrected chi connectivity index (χ2v) is 5.53. The number of hydrogen-bond donors (Lipinski definition) is 1. The van der Waals surface area contributed by atoms with Crippen molar-refractivity contribution in [3.05, 3.63) is 77.4 Å². The quantitative estimate of drug-likeness (QED) is 0.764. The van der Waals surface area contributed by atoms with Crippen LogP contribution in [0.1, 0.15) is 27.3 Å². The molecule has 0 fully saturated rings. The molecule has 0 saturated carbocycles. The highest BCUT2D eigenvalue weighted by molar-refractivity contribution is 5.91. The molecule has 9 heteroatoms. The van der Waals surface area contributed by atoms with Crippen LogP contribution in [0.2, 0.25) is 0 Å². The first kappa shape index (κ1) is 18.1. The van der Waals surface area contributed by atoms with Gasteiger partial charge >= 0.3 is 6.18 Å². The first-order valence-electron chi connectivity index (χ1n) is 7.73. The molecule has 2 aromatic carbocycles. The fourth-order valence-corrected chi connectivity index (χ4v) is 2.38. The third kappa shape index (κ3) is 4.12. The van der Waals surface area contributed by atoms with Gasteiger partial charge in [-0.05, 0) is 42.0 Å². The largest absolute Gasteiger partial charge is 0.416 e. The Morgan fingerprint density at radius 3 is 2.59 bits per heavy atom. The molecule has 6 nitrogen and oxygen atoms in total. The molecular weight excluding hydrogens is 359 g/mol. The van der Waals surface area contributed by atoms with Crippen molar-refractivity contribution in [1.82, 2.24) is 20.1 Å². The molecule has 0 unspecified atom stereocenters. The van der Waals surface area contributed by atoms with Crippen LogP contribution in [0.3, 0.4) is 0 Å². The fraction of sp³-hybridized carbons (Fsp3) is 0.111. The lowest BCUT2D eigenvalue weighted by Crippen LogP contribution is -2.26. The number of benzene rings is 2. The van der Waals surface area contributed by atoms with Gasteiger partial charge in [0.15, 0.2) is 0 Å². The van der Waals surface area contributed by atoms with Crippen molar-refractivity contribution in [1.29, 1.82) is 5.26 Å². The van der Waals surface area contributed by atoms with Crippen LogP contribution in [0.4, 0.5) is 13.2 Å². The molecule has 0 aliphatic heterocycles. The average Bonchev–Trinajstić information content (AvgIpc) is 3.15. The third-order valence-corrected chi connectivity index (χ3v) is 3.70. The summed E-state index contributed by atoms with van der Waals surface area (Å²) in [5, 5.41) is 15.3. The Balaban J connectivity index is 1.75. The number of carbonyl (C=O) groups excluding carboxylic acids is 1. The van der Waals surface area contributed by atoms with Crippen molar-refractivity contribution >= 4 is 5.91 Å². The van der Waals surface area contributed by atoms with Gasteiger partial charge in [-0.25, -0.2) is 9.67 Å². The summed E-state index contributed by atoms with van der Waals surface area (Å²) in [6.45, 7) is -0.0943. The second kappa shape index (κ2) is 7.29. The van der Waals surface area contributed by atoms with Crippen molar-refractivity contribution in [3.8, 4) is 11.8 Å². The van der Waals surface area contributed by atoms with E-state index in [-0.39, 0.29) is 12.4 Å². The summed E-state index contributed by atoms with van der Waals surface area (Å²) in [4.78, 5) is 16.3. The van der Waals surface area contributed by atoms with E-state index in [2.05, 4.69) is 15.4 Å². The van der Waals surface area contributed by atoms with Crippen LogP contribution in [0.5, 0.6) is 0 Å². The highest BCUT2D eigenvalue weighted by Crippen LogP contribution is 2.29. The Hall–Kier alpha value is -3.67. The standard InChI is InChI=1S/C18H12F3N5O/c19-18(20,21)14-3-1-2-13(8-14)10-23-17(27)16-24-11-25-26(16)15-6-4-12(9-22)5-7-15/h1-8,11H,10H2,(H,23,27). The van der Waals surface area contributed by atoms with Crippen LogP contribution < -0.4 is 5.32 Å². The van der Waals surface area contributed by atoms with E-state index in [9.17, 15) is 18.0 Å². The summed E-state index contributed by atoms with van der Waals surface area (Å²) in [6, 6.07) is 13.1. The van der Waals surface area contributed by atoms with E-state index >= 15 is 0 Å². The lowest BCUT2D eigenvalue weighted by atomic mass is 10.1. The Labute approximate surface area is 151 Å². The number of carbonyl (C=O) groups is 1. The van der Waals surface area contributed by atoms with Crippen molar-refractivity contribution in [2.24, 2.45) is 0 Å². The minimum atomic E-state index is -4.45. The SMILES string of the molecule is N#Cc1ccc(-n2ncnc2C(=O)NCc2cccc(C(F)(F)F)c2)cc1. The van der Waals surface area contributed by atoms with Gasteiger partial charge in [0.2, 0.25) is 5.82 Å². The average molecular weight is 371 g/mol. The molecule has 1 N–H and O–H groups in total. The Kier molecular flexibility index (Phi) is 4.90. The molecule has 27 heavy (non-hydrogen) atoms. The van der Waals surface area contributed by atoms with Gasteiger partial charge in [-0.15, -0.1) is 0 Å². The molecule has 1 aromatic heterocycles. The minimum Gasteiger partial charge on any atom is -0.345 e. The summed E-state index contributed by atoms with van der Waals surface area (Å²) in [5.41, 5.74) is 0.503. The lowest BCUT2D eigenvalue weighted by molar-refractivity contribution is -0.137. The maximum absolute atomic E-state index is 12.8. The number of amides is 1. The van der Waals surface area contributed by atoms with E-state index in [4.69, 9.17) is 5.26 Å². The van der Waals surface area contributed by atoms with Gasteiger partial charge < -0.3 is 5.32 Å². The van der Waals surface area contributed by atoms with Crippen LogP contribution in [-0.4, -0.2) is 20.7 Å². The maximum atomic E-state index is 12.8. The molecule has 0 bridgehead atoms. The monoisotopic (exact) mass is 371 g/mol. The zero-order chi connectivity index (χ0) is 19.4. The first-order chi connectivity index (χ1) is 12.9. The van der Waals surface area contributed by atoms with Crippen LogP contribution in [0.25, 0.3) is 5.69 Å². The summed E-state index contributed by atoms with van der Waals surface area (Å²) >= 11 is 0. The summed E-state index contributed by atoms with van der Waals surface area (Å²) in [5.74, 6) is -0.610. The Morgan fingerprint density at radius 1 is 1.19 bits per heavy atom. The van der Waals surface area contributed by atoms with Crippen LogP contribution in [-0.2, 0) is 12.7 Å². The molecule has 0 saturated heterocycles. The minimum absolute atomic E-state index is 0.0216. The van der Waals surface area contributed by atoms with Crippen LogP contribution in [0, 0.1) is 11.3 Å². The van der Waals surface area contributed by atoms with Crippen molar-refractivity contribution in [3.63, 3.8) is 0 Å². The van der Waals surface area contributed by atoms with E-state index in [0.717, 1.165) is 12.1 Å². The highest BCUT2D eigenvalue weighted by Gasteiger charge is 2.30. The van der Waals surface area contributed by atoms with Crippen molar-refractivity contribution in [2.45, 2.75) is 12.7 Å². The van der Waals surface area contributed by atoms with Crippen molar-refractivity contribution < 1.29 is 18.0 Å². The van der Waals surface area contributed by atoms with E-state index in [0.29, 0.717) is 16.8 Å². The summed E-state index contributed by atoms with van der Waals surface area (Å²) < 4.78 is 39.5. The normalized spacial score (nSPS) is 11.0.